The standard InChI is InChI=1S/C22H24N4O4S2/c1-15-20(16-5-7-18(30-2)8-6-16)24-22(31-15)25-21(27)17-9-12-26(13-10-17)32(28,29)19-4-3-11-23-14-19/h3-8,11,14,17H,9-10,12-13H2,1-2H3,(H,24,25,27). The normalized spacial score (nSPS) is 15.4. The highest BCUT2D eigenvalue weighted by atomic mass is 32.2. The number of carbonyl (C=O) groups is 1. The predicted octanol–water partition coefficient (Wildman–Crippen LogP) is 3.56. The SMILES string of the molecule is COc1ccc(-c2nc(NC(=O)C3CCN(S(=O)(=O)c4cccnc4)CC3)sc2C)cc1. The fraction of sp³-hybridized carbons (Fsp3) is 0.318. The number of thiazole rings is 1. The number of anilines is 1. The Kier molecular flexibility index (Phi) is 6.54. The van der Waals surface area contributed by atoms with Gasteiger partial charge in [0.25, 0.3) is 0 Å². The number of carbonyl (C=O) groups excluding carboxylic acids is 1. The molecule has 1 aliphatic heterocycles. The summed E-state index contributed by atoms with van der Waals surface area (Å²) < 4.78 is 32.1. The van der Waals surface area contributed by atoms with E-state index in [0.717, 1.165) is 21.9 Å². The lowest BCUT2D eigenvalue weighted by molar-refractivity contribution is -0.120. The summed E-state index contributed by atoms with van der Waals surface area (Å²) >= 11 is 1.43. The molecule has 8 nitrogen and oxygen atoms in total. The summed E-state index contributed by atoms with van der Waals surface area (Å²) in [6.07, 6.45) is 3.80. The molecule has 0 radical (unpaired) electrons. The van der Waals surface area contributed by atoms with Crippen LogP contribution in [-0.4, -0.2) is 48.8 Å². The number of nitrogens with zero attached hydrogens (tertiary/aromatic N) is 3. The van der Waals surface area contributed by atoms with Gasteiger partial charge in [0.1, 0.15) is 10.6 Å². The van der Waals surface area contributed by atoms with E-state index in [-0.39, 0.29) is 16.7 Å². The molecule has 1 amide bonds. The van der Waals surface area contributed by atoms with Gasteiger partial charge in [0.05, 0.1) is 12.8 Å². The first-order chi connectivity index (χ1) is 15.4. The van der Waals surface area contributed by atoms with Crippen LogP contribution >= 0.6 is 11.3 Å². The van der Waals surface area contributed by atoms with E-state index in [1.807, 2.05) is 31.2 Å². The molecule has 3 heterocycles. The van der Waals surface area contributed by atoms with E-state index < -0.39 is 10.0 Å². The van der Waals surface area contributed by atoms with Gasteiger partial charge in [0.15, 0.2) is 5.13 Å². The number of amides is 1. The van der Waals surface area contributed by atoms with E-state index in [9.17, 15) is 13.2 Å². The highest BCUT2D eigenvalue weighted by molar-refractivity contribution is 7.89. The lowest BCUT2D eigenvalue weighted by Crippen LogP contribution is -2.41. The number of aromatic nitrogens is 2. The van der Waals surface area contributed by atoms with Gasteiger partial charge in [-0.2, -0.15) is 4.31 Å². The first-order valence-corrected chi connectivity index (χ1v) is 12.5. The van der Waals surface area contributed by atoms with Crippen molar-refractivity contribution in [2.75, 3.05) is 25.5 Å². The summed E-state index contributed by atoms with van der Waals surface area (Å²) in [6.45, 7) is 2.56. The molecule has 4 rings (SSSR count). The minimum absolute atomic E-state index is 0.126. The molecule has 0 unspecified atom stereocenters. The van der Waals surface area contributed by atoms with E-state index in [0.29, 0.717) is 31.1 Å². The number of ether oxygens (including phenoxy) is 1. The van der Waals surface area contributed by atoms with Gasteiger partial charge in [-0.15, -0.1) is 11.3 Å². The molecular formula is C22H24N4O4S2. The van der Waals surface area contributed by atoms with Crippen LogP contribution in [0.2, 0.25) is 0 Å². The number of pyridine rings is 1. The quantitative estimate of drug-likeness (QED) is 0.589. The molecule has 0 saturated carbocycles. The Morgan fingerprint density at radius 2 is 1.91 bits per heavy atom. The fourth-order valence-electron chi connectivity index (χ4n) is 3.68. The number of methoxy groups -OCH3 is 1. The van der Waals surface area contributed by atoms with Crippen molar-refractivity contribution < 1.29 is 17.9 Å². The van der Waals surface area contributed by atoms with E-state index in [1.165, 1.54) is 34.1 Å². The molecule has 10 heteroatoms. The number of hydrogen-bond donors (Lipinski definition) is 1. The zero-order chi connectivity index (χ0) is 22.7. The summed E-state index contributed by atoms with van der Waals surface area (Å²) in [7, 11) is -1.97. The van der Waals surface area contributed by atoms with Crippen LogP contribution in [0.15, 0.2) is 53.7 Å². The van der Waals surface area contributed by atoms with Crippen molar-refractivity contribution in [1.29, 1.82) is 0 Å². The van der Waals surface area contributed by atoms with Crippen molar-refractivity contribution in [2.24, 2.45) is 5.92 Å². The zero-order valence-corrected chi connectivity index (χ0v) is 19.4. The zero-order valence-electron chi connectivity index (χ0n) is 17.8. The van der Waals surface area contributed by atoms with Gasteiger partial charge in [-0.25, -0.2) is 13.4 Å². The third-order valence-corrected chi connectivity index (χ3v) is 8.26. The van der Waals surface area contributed by atoms with Gasteiger partial charge in [0.2, 0.25) is 15.9 Å². The van der Waals surface area contributed by atoms with Gasteiger partial charge in [-0.1, -0.05) is 0 Å². The van der Waals surface area contributed by atoms with Crippen LogP contribution in [-0.2, 0) is 14.8 Å². The van der Waals surface area contributed by atoms with Crippen LogP contribution < -0.4 is 10.1 Å². The molecule has 2 aromatic heterocycles. The predicted molar refractivity (Wildman–Crippen MR) is 123 cm³/mol. The Balaban J connectivity index is 1.38. The molecule has 168 valence electrons. The molecule has 32 heavy (non-hydrogen) atoms. The number of sulfonamides is 1. The average Bonchev–Trinajstić information content (AvgIpc) is 3.19. The average molecular weight is 473 g/mol. The Morgan fingerprint density at radius 1 is 1.19 bits per heavy atom. The fourth-order valence-corrected chi connectivity index (χ4v) is 5.95. The van der Waals surface area contributed by atoms with E-state index in [2.05, 4.69) is 15.3 Å². The Bertz CT molecular complexity index is 1190. The van der Waals surface area contributed by atoms with Crippen LogP contribution in [0.4, 0.5) is 5.13 Å². The first-order valence-electron chi connectivity index (χ1n) is 10.2. The number of benzene rings is 1. The van der Waals surface area contributed by atoms with Crippen molar-refractivity contribution in [1.82, 2.24) is 14.3 Å². The first kappa shape index (κ1) is 22.4. The molecule has 1 saturated heterocycles. The monoisotopic (exact) mass is 472 g/mol. The van der Waals surface area contributed by atoms with Gasteiger partial charge < -0.3 is 10.1 Å². The number of rotatable bonds is 6. The second-order valence-corrected chi connectivity index (χ2v) is 10.6. The van der Waals surface area contributed by atoms with Crippen LogP contribution in [0.25, 0.3) is 11.3 Å². The number of piperidine rings is 1. The Morgan fingerprint density at radius 3 is 2.53 bits per heavy atom. The molecule has 0 aliphatic carbocycles. The second-order valence-electron chi connectivity index (χ2n) is 7.51. The number of hydrogen-bond acceptors (Lipinski definition) is 7. The van der Waals surface area contributed by atoms with Gasteiger partial charge >= 0.3 is 0 Å². The summed E-state index contributed by atoms with van der Waals surface area (Å²) in [5.74, 6) is 0.384. The van der Waals surface area contributed by atoms with Crippen molar-refractivity contribution in [3.63, 3.8) is 0 Å². The van der Waals surface area contributed by atoms with Crippen molar-refractivity contribution in [2.45, 2.75) is 24.7 Å². The summed E-state index contributed by atoms with van der Waals surface area (Å²) in [6, 6.07) is 10.8. The smallest absolute Gasteiger partial charge is 0.244 e. The molecule has 0 atom stereocenters. The Hall–Kier alpha value is -2.82. The van der Waals surface area contributed by atoms with Crippen LogP contribution in [0.3, 0.4) is 0 Å². The maximum absolute atomic E-state index is 12.8. The molecule has 1 fully saturated rings. The maximum atomic E-state index is 12.8. The van der Waals surface area contributed by atoms with E-state index in [1.54, 1.807) is 13.2 Å². The third kappa shape index (κ3) is 4.67. The topological polar surface area (TPSA) is 101 Å². The van der Waals surface area contributed by atoms with Gasteiger partial charge in [0, 0.05) is 41.8 Å². The largest absolute Gasteiger partial charge is 0.497 e. The van der Waals surface area contributed by atoms with E-state index in [4.69, 9.17) is 4.74 Å². The molecule has 1 aromatic carbocycles. The van der Waals surface area contributed by atoms with E-state index >= 15 is 0 Å². The number of nitrogens with one attached hydrogen (secondary N) is 1. The highest BCUT2D eigenvalue weighted by Crippen LogP contribution is 2.32. The molecule has 0 bridgehead atoms. The maximum Gasteiger partial charge on any atom is 0.244 e. The minimum Gasteiger partial charge on any atom is -0.497 e. The lowest BCUT2D eigenvalue weighted by Gasteiger charge is -2.30. The van der Waals surface area contributed by atoms with Crippen LogP contribution in [0.5, 0.6) is 5.75 Å². The lowest BCUT2D eigenvalue weighted by atomic mass is 9.97. The molecule has 1 aliphatic rings. The highest BCUT2D eigenvalue weighted by Gasteiger charge is 2.32. The van der Waals surface area contributed by atoms with Crippen LogP contribution in [0, 0.1) is 12.8 Å². The number of aryl methyl sites for hydroxylation is 1. The van der Waals surface area contributed by atoms with Crippen molar-refractivity contribution in [3.8, 4) is 17.0 Å². The molecular weight excluding hydrogens is 448 g/mol. The Labute approximate surface area is 191 Å². The second kappa shape index (κ2) is 9.35. The summed E-state index contributed by atoms with van der Waals surface area (Å²) in [5.41, 5.74) is 1.78. The minimum atomic E-state index is -3.59. The van der Waals surface area contributed by atoms with Crippen LogP contribution in [0.1, 0.15) is 17.7 Å². The van der Waals surface area contributed by atoms with Crippen molar-refractivity contribution >= 4 is 32.4 Å². The molecule has 1 N–H and O–H groups in total. The summed E-state index contributed by atoms with van der Waals surface area (Å²) in [4.78, 5) is 22.5. The van der Waals surface area contributed by atoms with Gasteiger partial charge in [-0.05, 0) is 56.2 Å². The molecule has 3 aromatic rings. The van der Waals surface area contributed by atoms with Crippen molar-refractivity contribution in [3.05, 3.63) is 53.7 Å². The van der Waals surface area contributed by atoms with Gasteiger partial charge in [-0.3, -0.25) is 9.78 Å². The molecule has 0 spiro atoms. The third-order valence-electron chi connectivity index (χ3n) is 5.49. The summed E-state index contributed by atoms with van der Waals surface area (Å²) in [5, 5.41) is 3.46.